The highest BCUT2D eigenvalue weighted by molar-refractivity contribution is 6.30. The highest BCUT2D eigenvalue weighted by Crippen LogP contribution is 2.18. The molecule has 90 valence electrons. The number of Topliss-reactive ketones (excluding diaryl/α,β-unsaturated/α-hetero) is 1. The zero-order chi connectivity index (χ0) is 12.1. The molecule has 0 radical (unpaired) electrons. The first-order valence-electron chi connectivity index (χ1n) is 5.50. The summed E-state index contributed by atoms with van der Waals surface area (Å²) < 4.78 is 10.6. The van der Waals surface area contributed by atoms with Gasteiger partial charge >= 0.3 is 0 Å². The van der Waals surface area contributed by atoms with Crippen molar-refractivity contribution in [1.29, 1.82) is 0 Å². The zero-order valence-corrected chi connectivity index (χ0v) is 10.1. The molecular weight excluding hydrogens is 240 g/mol. The number of carbonyl (C=O) groups excluding carboxylic acids is 1. The monoisotopic (exact) mass is 252 g/mol. The van der Waals surface area contributed by atoms with Crippen LogP contribution in [0.25, 0.3) is 0 Å². The van der Waals surface area contributed by atoms with E-state index in [-0.39, 0.29) is 12.4 Å². The van der Waals surface area contributed by atoms with Crippen molar-refractivity contribution in [2.75, 3.05) is 13.2 Å². The molecule has 0 bridgehead atoms. The van der Waals surface area contributed by atoms with Crippen molar-refractivity contribution in [2.24, 2.45) is 0 Å². The molecule has 0 unspecified atom stereocenters. The quantitative estimate of drug-likeness (QED) is 0.826. The van der Waals surface area contributed by atoms with Crippen LogP contribution in [-0.4, -0.2) is 19.0 Å². The summed E-state index contributed by atoms with van der Waals surface area (Å²) in [6, 6.07) is 6.96. The number of allylic oxidation sites excluding steroid dienone is 1. The van der Waals surface area contributed by atoms with Crippen molar-refractivity contribution in [3.63, 3.8) is 0 Å². The van der Waals surface area contributed by atoms with E-state index in [2.05, 4.69) is 0 Å². The van der Waals surface area contributed by atoms with Crippen molar-refractivity contribution in [2.45, 2.75) is 12.8 Å². The van der Waals surface area contributed by atoms with Crippen molar-refractivity contribution >= 4 is 17.4 Å². The Bertz CT molecular complexity index is 440. The van der Waals surface area contributed by atoms with E-state index < -0.39 is 0 Å². The Morgan fingerprint density at radius 3 is 3.06 bits per heavy atom. The Morgan fingerprint density at radius 2 is 2.35 bits per heavy atom. The molecule has 1 aliphatic rings. The van der Waals surface area contributed by atoms with Gasteiger partial charge in [0.1, 0.15) is 5.75 Å². The summed E-state index contributed by atoms with van der Waals surface area (Å²) in [6.07, 6.45) is 3.66. The first-order valence-corrected chi connectivity index (χ1v) is 5.88. The van der Waals surface area contributed by atoms with Crippen molar-refractivity contribution in [1.82, 2.24) is 0 Å². The molecule has 4 heteroatoms. The number of rotatable bonds is 4. The SMILES string of the molecule is O=C(COc1cccc(Cl)c1)C1=CCCCO1. The van der Waals surface area contributed by atoms with Gasteiger partial charge in [-0.25, -0.2) is 0 Å². The minimum atomic E-state index is -0.135. The third-order valence-corrected chi connectivity index (χ3v) is 2.61. The van der Waals surface area contributed by atoms with E-state index >= 15 is 0 Å². The molecule has 0 aromatic heterocycles. The van der Waals surface area contributed by atoms with Gasteiger partial charge in [-0.1, -0.05) is 17.7 Å². The van der Waals surface area contributed by atoms with Crippen LogP contribution in [-0.2, 0) is 9.53 Å². The van der Waals surface area contributed by atoms with E-state index in [0.717, 1.165) is 12.8 Å². The van der Waals surface area contributed by atoms with Crippen LogP contribution in [0, 0.1) is 0 Å². The summed E-state index contributed by atoms with van der Waals surface area (Å²) in [6.45, 7) is 0.584. The molecular formula is C13H13ClO3. The topological polar surface area (TPSA) is 35.5 Å². The average molecular weight is 253 g/mol. The predicted molar refractivity (Wildman–Crippen MR) is 65.2 cm³/mol. The van der Waals surface area contributed by atoms with Gasteiger partial charge in [0.25, 0.3) is 0 Å². The van der Waals surface area contributed by atoms with Crippen LogP contribution < -0.4 is 4.74 Å². The summed E-state index contributed by atoms with van der Waals surface area (Å²) in [7, 11) is 0. The van der Waals surface area contributed by atoms with Crippen LogP contribution >= 0.6 is 11.6 Å². The maximum absolute atomic E-state index is 11.7. The highest BCUT2D eigenvalue weighted by atomic mass is 35.5. The molecule has 0 saturated heterocycles. The van der Waals surface area contributed by atoms with Gasteiger partial charge in [-0.15, -0.1) is 0 Å². The molecule has 0 fully saturated rings. The summed E-state index contributed by atoms with van der Waals surface area (Å²) in [4.78, 5) is 11.7. The highest BCUT2D eigenvalue weighted by Gasteiger charge is 2.14. The molecule has 0 aliphatic carbocycles. The molecule has 17 heavy (non-hydrogen) atoms. The predicted octanol–water partition coefficient (Wildman–Crippen LogP) is 2.98. The lowest BCUT2D eigenvalue weighted by Crippen LogP contribution is -2.18. The normalized spacial score (nSPS) is 14.8. The third kappa shape index (κ3) is 3.49. The average Bonchev–Trinajstić information content (AvgIpc) is 2.37. The Hall–Kier alpha value is -1.48. The second-order valence-corrected chi connectivity index (χ2v) is 4.16. The van der Waals surface area contributed by atoms with Gasteiger partial charge in [0, 0.05) is 5.02 Å². The molecule has 0 spiro atoms. The van der Waals surface area contributed by atoms with Gasteiger partial charge in [-0.05, 0) is 37.1 Å². The Morgan fingerprint density at radius 1 is 1.47 bits per heavy atom. The molecule has 1 aliphatic heterocycles. The number of hydrogen-bond acceptors (Lipinski definition) is 3. The Balaban J connectivity index is 1.89. The van der Waals surface area contributed by atoms with Gasteiger partial charge in [0.15, 0.2) is 12.4 Å². The Labute approximate surface area is 105 Å². The van der Waals surface area contributed by atoms with Crippen LogP contribution in [0.15, 0.2) is 36.1 Å². The van der Waals surface area contributed by atoms with E-state index in [9.17, 15) is 4.79 Å². The van der Waals surface area contributed by atoms with E-state index in [1.807, 2.05) is 6.08 Å². The summed E-state index contributed by atoms with van der Waals surface area (Å²) in [5, 5.41) is 0.586. The fraction of sp³-hybridized carbons (Fsp3) is 0.308. The molecule has 1 heterocycles. The van der Waals surface area contributed by atoms with Crippen molar-refractivity contribution < 1.29 is 14.3 Å². The molecule has 3 nitrogen and oxygen atoms in total. The van der Waals surface area contributed by atoms with Crippen LogP contribution in [0.1, 0.15) is 12.8 Å². The van der Waals surface area contributed by atoms with Crippen LogP contribution in [0.4, 0.5) is 0 Å². The van der Waals surface area contributed by atoms with Gasteiger partial charge in [-0.2, -0.15) is 0 Å². The van der Waals surface area contributed by atoms with Gasteiger partial charge in [0.2, 0.25) is 5.78 Å². The molecule has 2 rings (SSSR count). The van der Waals surface area contributed by atoms with Gasteiger partial charge in [0.05, 0.1) is 6.61 Å². The summed E-state index contributed by atoms with van der Waals surface area (Å²) >= 11 is 5.81. The van der Waals surface area contributed by atoms with Gasteiger partial charge in [-0.3, -0.25) is 4.79 Å². The van der Waals surface area contributed by atoms with Crippen LogP contribution in [0.3, 0.4) is 0 Å². The minimum absolute atomic E-state index is 0.0217. The lowest BCUT2D eigenvalue weighted by molar-refractivity contribution is -0.121. The second kappa shape index (κ2) is 5.73. The fourth-order valence-electron chi connectivity index (χ4n) is 1.53. The lowest BCUT2D eigenvalue weighted by atomic mass is 10.2. The summed E-state index contributed by atoms with van der Waals surface area (Å²) in [5.41, 5.74) is 0. The number of ketones is 1. The molecule has 0 atom stereocenters. The number of carbonyl (C=O) groups is 1. The zero-order valence-electron chi connectivity index (χ0n) is 9.32. The van der Waals surface area contributed by atoms with E-state index in [1.165, 1.54) is 0 Å². The first-order chi connectivity index (χ1) is 8.25. The maximum atomic E-state index is 11.7. The van der Waals surface area contributed by atoms with Crippen LogP contribution in [0.5, 0.6) is 5.75 Å². The van der Waals surface area contributed by atoms with E-state index in [4.69, 9.17) is 21.1 Å². The number of halogens is 1. The standard InChI is InChI=1S/C13H13ClO3/c14-10-4-3-5-11(8-10)17-9-12(15)13-6-1-2-7-16-13/h3-6,8H,1-2,7,9H2. The third-order valence-electron chi connectivity index (χ3n) is 2.38. The molecule has 1 aromatic carbocycles. The van der Waals surface area contributed by atoms with Crippen LogP contribution in [0.2, 0.25) is 5.02 Å². The largest absolute Gasteiger partial charge is 0.490 e. The Kier molecular flexibility index (Phi) is 4.04. The molecule has 0 amide bonds. The van der Waals surface area contributed by atoms with E-state index in [1.54, 1.807) is 24.3 Å². The fourth-order valence-corrected chi connectivity index (χ4v) is 1.71. The number of hydrogen-bond donors (Lipinski definition) is 0. The number of ether oxygens (including phenoxy) is 2. The van der Waals surface area contributed by atoms with Gasteiger partial charge < -0.3 is 9.47 Å². The molecule has 0 saturated carbocycles. The minimum Gasteiger partial charge on any atom is -0.490 e. The van der Waals surface area contributed by atoms with Crippen molar-refractivity contribution in [3.8, 4) is 5.75 Å². The second-order valence-electron chi connectivity index (χ2n) is 3.73. The first kappa shape index (κ1) is 12.0. The smallest absolute Gasteiger partial charge is 0.234 e. The number of benzene rings is 1. The molecule has 0 N–H and O–H groups in total. The van der Waals surface area contributed by atoms with E-state index in [0.29, 0.717) is 23.1 Å². The lowest BCUT2D eigenvalue weighted by Gasteiger charge is -2.14. The maximum Gasteiger partial charge on any atom is 0.234 e. The summed E-state index contributed by atoms with van der Waals surface area (Å²) in [5.74, 6) is 0.866. The molecule has 1 aromatic rings. The van der Waals surface area contributed by atoms with Crippen molar-refractivity contribution in [3.05, 3.63) is 41.1 Å².